The molecule has 0 aromatic heterocycles. The zero-order chi connectivity index (χ0) is 16.6. The molecule has 1 amide bonds. The molecule has 2 N–H and O–H groups in total. The van der Waals surface area contributed by atoms with Gasteiger partial charge in [-0.3, -0.25) is 4.79 Å². The average Bonchev–Trinajstić information content (AvgIpc) is 3.15. The number of ether oxygens (including phenoxy) is 2. The summed E-state index contributed by atoms with van der Waals surface area (Å²) >= 11 is 0. The van der Waals surface area contributed by atoms with E-state index >= 15 is 0 Å². The molecule has 0 aliphatic heterocycles. The molecule has 2 saturated carbocycles. The lowest BCUT2D eigenvalue weighted by molar-refractivity contribution is -0.137. The Labute approximate surface area is 137 Å². The zero-order valence-electron chi connectivity index (χ0n) is 14.1. The largest absolute Gasteiger partial charge is 0.497 e. The highest BCUT2D eigenvalue weighted by Crippen LogP contribution is 2.48. The molecule has 0 radical (unpaired) electrons. The van der Waals surface area contributed by atoms with Crippen molar-refractivity contribution in [3.05, 3.63) is 23.8 Å². The van der Waals surface area contributed by atoms with Gasteiger partial charge in [-0.15, -0.1) is 0 Å². The standard InChI is InChI=1S/C18H26N2O3/c1-20(10-13-6-7-14(22-2)9-15(13)23-3)18(21)16-11-4-5-12(8-11)17(16)19/h6-7,9,11-12,16-17H,4-5,8,10,19H2,1-3H3. The highest BCUT2D eigenvalue weighted by atomic mass is 16.5. The number of rotatable bonds is 5. The first-order valence-electron chi connectivity index (χ1n) is 8.26. The minimum absolute atomic E-state index is 0.0111. The number of carbonyl (C=O) groups is 1. The fraction of sp³-hybridized carbons (Fsp3) is 0.611. The third-order valence-electron chi connectivity index (χ3n) is 5.54. The summed E-state index contributed by atoms with van der Waals surface area (Å²) in [7, 11) is 5.11. The molecule has 5 nitrogen and oxygen atoms in total. The lowest BCUT2D eigenvalue weighted by Crippen LogP contribution is -2.45. The first-order valence-corrected chi connectivity index (χ1v) is 8.26. The van der Waals surface area contributed by atoms with Gasteiger partial charge in [-0.1, -0.05) is 0 Å². The molecule has 2 bridgehead atoms. The Kier molecular flexibility index (Phi) is 4.48. The van der Waals surface area contributed by atoms with Gasteiger partial charge in [0.15, 0.2) is 0 Å². The maximum Gasteiger partial charge on any atom is 0.227 e. The van der Waals surface area contributed by atoms with E-state index < -0.39 is 0 Å². The second kappa shape index (κ2) is 6.40. The Balaban J connectivity index is 1.71. The molecule has 0 spiro atoms. The van der Waals surface area contributed by atoms with Crippen LogP contribution < -0.4 is 15.2 Å². The summed E-state index contributed by atoms with van der Waals surface area (Å²) in [4.78, 5) is 14.6. The smallest absolute Gasteiger partial charge is 0.227 e. The molecule has 3 rings (SSSR count). The zero-order valence-corrected chi connectivity index (χ0v) is 14.1. The Hall–Kier alpha value is -1.75. The average molecular weight is 318 g/mol. The summed E-state index contributed by atoms with van der Waals surface area (Å²) < 4.78 is 10.6. The number of methoxy groups -OCH3 is 2. The summed E-state index contributed by atoms with van der Waals surface area (Å²) in [6, 6.07) is 5.71. The van der Waals surface area contributed by atoms with Crippen molar-refractivity contribution in [3.63, 3.8) is 0 Å². The molecule has 1 aromatic rings. The van der Waals surface area contributed by atoms with Crippen LogP contribution in [0.2, 0.25) is 0 Å². The number of amides is 1. The van der Waals surface area contributed by atoms with Crippen LogP contribution in [0.3, 0.4) is 0 Å². The van der Waals surface area contributed by atoms with E-state index in [1.807, 2.05) is 25.2 Å². The van der Waals surface area contributed by atoms with Gasteiger partial charge in [-0.2, -0.15) is 0 Å². The second-order valence-corrected chi connectivity index (χ2v) is 6.81. The molecule has 1 aromatic carbocycles. The van der Waals surface area contributed by atoms with Crippen molar-refractivity contribution >= 4 is 5.91 Å². The van der Waals surface area contributed by atoms with E-state index in [1.54, 1.807) is 19.1 Å². The topological polar surface area (TPSA) is 64.8 Å². The van der Waals surface area contributed by atoms with Crippen LogP contribution in [0.5, 0.6) is 11.5 Å². The number of fused-ring (bicyclic) bond motifs is 2. The molecular weight excluding hydrogens is 292 g/mol. The van der Waals surface area contributed by atoms with E-state index in [0.29, 0.717) is 18.4 Å². The van der Waals surface area contributed by atoms with Crippen LogP contribution >= 0.6 is 0 Å². The van der Waals surface area contributed by atoms with Crippen LogP contribution in [-0.2, 0) is 11.3 Å². The third-order valence-corrected chi connectivity index (χ3v) is 5.54. The van der Waals surface area contributed by atoms with Crippen LogP contribution in [0.25, 0.3) is 0 Å². The van der Waals surface area contributed by atoms with Gasteiger partial charge in [0, 0.05) is 31.3 Å². The summed E-state index contributed by atoms with van der Waals surface area (Å²) in [6.45, 7) is 0.520. The summed E-state index contributed by atoms with van der Waals surface area (Å²) in [5.41, 5.74) is 7.27. The fourth-order valence-electron chi connectivity index (χ4n) is 4.27. The van der Waals surface area contributed by atoms with Crippen LogP contribution in [0.4, 0.5) is 0 Å². The van der Waals surface area contributed by atoms with Gasteiger partial charge in [-0.25, -0.2) is 0 Å². The third kappa shape index (κ3) is 2.90. The normalized spacial score (nSPS) is 28.7. The molecule has 5 heteroatoms. The Morgan fingerprint density at radius 2 is 2.00 bits per heavy atom. The fourth-order valence-corrected chi connectivity index (χ4v) is 4.27. The van der Waals surface area contributed by atoms with Crippen molar-refractivity contribution in [1.29, 1.82) is 0 Å². The quantitative estimate of drug-likeness (QED) is 0.902. The van der Waals surface area contributed by atoms with Crippen LogP contribution in [-0.4, -0.2) is 38.1 Å². The van der Waals surface area contributed by atoms with E-state index in [1.165, 1.54) is 6.42 Å². The first kappa shape index (κ1) is 16.1. The van der Waals surface area contributed by atoms with Crippen molar-refractivity contribution in [3.8, 4) is 11.5 Å². The van der Waals surface area contributed by atoms with Crippen molar-refractivity contribution in [2.75, 3.05) is 21.3 Å². The number of hydrogen-bond acceptors (Lipinski definition) is 4. The monoisotopic (exact) mass is 318 g/mol. The molecule has 2 fully saturated rings. The molecule has 0 heterocycles. The molecule has 2 aliphatic carbocycles. The van der Waals surface area contributed by atoms with Crippen LogP contribution in [0, 0.1) is 17.8 Å². The van der Waals surface area contributed by atoms with Gasteiger partial charge < -0.3 is 20.1 Å². The lowest BCUT2D eigenvalue weighted by Gasteiger charge is -2.31. The maximum absolute atomic E-state index is 12.9. The van der Waals surface area contributed by atoms with E-state index in [2.05, 4.69) is 0 Å². The SMILES string of the molecule is COc1ccc(CN(C)C(=O)C2C3CCC(C3)C2N)c(OC)c1. The molecule has 4 atom stereocenters. The van der Waals surface area contributed by atoms with E-state index in [4.69, 9.17) is 15.2 Å². The van der Waals surface area contributed by atoms with Crippen LogP contribution in [0.15, 0.2) is 18.2 Å². The maximum atomic E-state index is 12.9. The van der Waals surface area contributed by atoms with Gasteiger partial charge in [-0.05, 0) is 43.2 Å². The predicted octanol–water partition coefficient (Wildman–Crippen LogP) is 2.04. The first-order chi connectivity index (χ1) is 11.0. The summed E-state index contributed by atoms with van der Waals surface area (Å²) in [5, 5.41) is 0. The molecule has 2 aliphatic rings. The van der Waals surface area contributed by atoms with Crippen molar-refractivity contribution in [1.82, 2.24) is 4.90 Å². The lowest BCUT2D eigenvalue weighted by atomic mass is 9.84. The molecule has 23 heavy (non-hydrogen) atoms. The Bertz CT molecular complexity index is 588. The minimum atomic E-state index is -0.0111. The second-order valence-electron chi connectivity index (χ2n) is 6.81. The minimum Gasteiger partial charge on any atom is -0.497 e. The number of benzene rings is 1. The summed E-state index contributed by atoms with van der Waals surface area (Å²) in [5.74, 6) is 2.65. The van der Waals surface area contributed by atoms with Gasteiger partial charge in [0.1, 0.15) is 11.5 Å². The van der Waals surface area contributed by atoms with E-state index in [9.17, 15) is 4.79 Å². The Morgan fingerprint density at radius 3 is 2.61 bits per heavy atom. The van der Waals surface area contributed by atoms with Crippen molar-refractivity contribution in [2.45, 2.75) is 31.8 Å². The molecular formula is C18H26N2O3. The van der Waals surface area contributed by atoms with Crippen molar-refractivity contribution < 1.29 is 14.3 Å². The number of carbonyl (C=O) groups excluding carboxylic acids is 1. The number of nitrogens with zero attached hydrogens (tertiary/aromatic N) is 1. The molecule has 0 saturated heterocycles. The van der Waals surface area contributed by atoms with Crippen LogP contribution in [0.1, 0.15) is 24.8 Å². The number of nitrogens with two attached hydrogens (primary N) is 1. The summed E-state index contributed by atoms with van der Waals surface area (Å²) in [6.07, 6.45) is 3.46. The van der Waals surface area contributed by atoms with Gasteiger partial charge >= 0.3 is 0 Å². The number of hydrogen-bond donors (Lipinski definition) is 1. The highest BCUT2D eigenvalue weighted by molar-refractivity contribution is 5.80. The Morgan fingerprint density at radius 1 is 1.26 bits per heavy atom. The van der Waals surface area contributed by atoms with Gasteiger partial charge in [0.05, 0.1) is 20.1 Å². The van der Waals surface area contributed by atoms with E-state index in [-0.39, 0.29) is 17.9 Å². The molecule has 4 unspecified atom stereocenters. The predicted molar refractivity (Wildman–Crippen MR) is 88.3 cm³/mol. The van der Waals surface area contributed by atoms with Gasteiger partial charge in [0.25, 0.3) is 0 Å². The molecule has 126 valence electrons. The van der Waals surface area contributed by atoms with E-state index in [0.717, 1.165) is 29.9 Å². The highest BCUT2D eigenvalue weighted by Gasteiger charge is 2.49. The van der Waals surface area contributed by atoms with Crippen molar-refractivity contribution in [2.24, 2.45) is 23.5 Å². The van der Waals surface area contributed by atoms with Gasteiger partial charge in [0.2, 0.25) is 5.91 Å².